The summed E-state index contributed by atoms with van der Waals surface area (Å²) in [5, 5.41) is 2.88. The van der Waals surface area contributed by atoms with Crippen molar-refractivity contribution in [3.05, 3.63) is 54.1 Å². The van der Waals surface area contributed by atoms with E-state index in [1.807, 2.05) is 0 Å². The lowest BCUT2D eigenvalue weighted by Gasteiger charge is -2.25. The minimum atomic E-state index is -3.75. The van der Waals surface area contributed by atoms with Crippen LogP contribution in [0, 0.1) is 0 Å². The number of anilines is 2. The summed E-state index contributed by atoms with van der Waals surface area (Å²) in [7, 11) is -2.14. The molecule has 0 bridgehead atoms. The van der Waals surface area contributed by atoms with E-state index in [1.54, 1.807) is 61.3 Å². The molecule has 4 rings (SSSR count). The first-order valence-corrected chi connectivity index (χ1v) is 11.8. The number of sulfonamides is 1. The normalized spacial score (nSPS) is 18.6. The number of nitrogens with zero attached hydrogens (tertiary/aromatic N) is 3. The first kappa shape index (κ1) is 21.8. The van der Waals surface area contributed by atoms with Gasteiger partial charge in [0.05, 0.1) is 6.61 Å². The van der Waals surface area contributed by atoms with Gasteiger partial charge in [0.1, 0.15) is 10.9 Å². The van der Waals surface area contributed by atoms with Crippen molar-refractivity contribution in [3.63, 3.8) is 0 Å². The quantitative estimate of drug-likeness (QED) is 0.758. The fourth-order valence-corrected chi connectivity index (χ4v) is 5.13. The number of likely N-dealkylation sites (tertiary alicyclic amines) is 1. The first-order chi connectivity index (χ1) is 15.3. The second-order valence-corrected chi connectivity index (χ2v) is 9.10. The topological polar surface area (TPSA) is 108 Å². The molecular weight excluding hydrogens is 432 g/mol. The number of benzene rings is 2. The monoisotopic (exact) mass is 456 g/mol. The average Bonchev–Trinajstić information content (AvgIpc) is 3.37. The summed E-state index contributed by atoms with van der Waals surface area (Å²) < 4.78 is 33.8. The number of ether oxygens (including phenoxy) is 1. The molecule has 0 unspecified atom stereocenters. The molecule has 2 heterocycles. The number of amidine groups is 1. The van der Waals surface area contributed by atoms with Crippen molar-refractivity contribution in [1.82, 2.24) is 4.90 Å². The Bertz CT molecular complexity index is 1180. The summed E-state index contributed by atoms with van der Waals surface area (Å²) in [5.41, 5.74) is 1.73. The smallest absolute Gasteiger partial charge is 0.413 e. The van der Waals surface area contributed by atoms with Crippen LogP contribution in [0.1, 0.15) is 25.3 Å². The minimum absolute atomic E-state index is 0.169. The highest BCUT2D eigenvalue weighted by atomic mass is 32.2. The maximum absolute atomic E-state index is 13.0. The molecule has 168 valence electrons. The van der Waals surface area contributed by atoms with E-state index in [2.05, 4.69) is 9.71 Å². The predicted molar refractivity (Wildman–Crippen MR) is 120 cm³/mol. The maximum Gasteiger partial charge on any atom is 0.413 e. The summed E-state index contributed by atoms with van der Waals surface area (Å²) in [6, 6.07) is 13.0. The van der Waals surface area contributed by atoms with Crippen LogP contribution in [-0.4, -0.2) is 57.4 Å². The van der Waals surface area contributed by atoms with Crippen molar-refractivity contribution in [2.45, 2.75) is 30.7 Å². The molecule has 0 aromatic heterocycles. The molecule has 2 aliphatic rings. The third-order valence-corrected chi connectivity index (χ3v) is 6.83. The Hall–Kier alpha value is -3.40. The van der Waals surface area contributed by atoms with Gasteiger partial charge in [0, 0.05) is 30.5 Å². The number of hydrogen-bond acceptors (Lipinski definition) is 6. The third-order valence-electron chi connectivity index (χ3n) is 5.50. The summed E-state index contributed by atoms with van der Waals surface area (Å²) in [6.45, 7) is 2.57. The fourth-order valence-electron chi connectivity index (χ4n) is 3.91. The number of carbonyl (C=O) groups excluding carboxylic acids is 2. The molecular formula is C22H24N4O5S. The minimum Gasteiger partial charge on any atom is -0.449 e. The van der Waals surface area contributed by atoms with Gasteiger partial charge in [-0.3, -0.25) is 9.69 Å². The Morgan fingerprint density at radius 1 is 1.19 bits per heavy atom. The van der Waals surface area contributed by atoms with E-state index in [9.17, 15) is 18.0 Å². The first-order valence-electron chi connectivity index (χ1n) is 10.3. The van der Waals surface area contributed by atoms with Crippen LogP contribution >= 0.6 is 0 Å². The lowest BCUT2D eigenvalue weighted by Crippen LogP contribution is -2.43. The van der Waals surface area contributed by atoms with Crippen LogP contribution in [0.3, 0.4) is 0 Å². The largest absolute Gasteiger partial charge is 0.449 e. The number of carbonyl (C=O) groups is 2. The molecule has 1 fully saturated rings. The van der Waals surface area contributed by atoms with Gasteiger partial charge in [-0.1, -0.05) is 12.1 Å². The van der Waals surface area contributed by atoms with Crippen molar-refractivity contribution in [3.8, 4) is 0 Å². The summed E-state index contributed by atoms with van der Waals surface area (Å²) in [4.78, 5) is 28.2. The molecule has 0 radical (unpaired) electrons. The zero-order chi connectivity index (χ0) is 22.9. The lowest BCUT2D eigenvalue weighted by molar-refractivity contribution is -0.119. The highest BCUT2D eigenvalue weighted by Gasteiger charge is 2.39. The standard InChI is InChI=1S/C22H24N4O5S/c1-3-31-22(28)25(2)16-12-10-15(11-13-16)23-21(27)18-8-6-14-26(18)20-17-7-4-5-9-19(17)32(29,30)24-20/h4-5,7,9-13,18H,3,6,8,14H2,1-2H3,(H,23,27)/t18-/m0/s1. The molecule has 2 amide bonds. The van der Waals surface area contributed by atoms with Gasteiger partial charge in [-0.25, -0.2) is 4.79 Å². The molecule has 0 spiro atoms. The second-order valence-electron chi connectivity index (χ2n) is 7.53. The van der Waals surface area contributed by atoms with Crippen molar-refractivity contribution >= 4 is 39.2 Å². The van der Waals surface area contributed by atoms with Crippen LogP contribution in [0.15, 0.2) is 57.8 Å². The molecule has 2 aromatic rings. The number of hydrogen-bond donors (Lipinski definition) is 1. The number of fused-ring (bicyclic) bond motifs is 1. The molecule has 2 aliphatic heterocycles. The summed E-state index contributed by atoms with van der Waals surface area (Å²) in [6.07, 6.45) is 0.887. The molecule has 1 atom stereocenters. The van der Waals surface area contributed by atoms with Gasteiger partial charge in [-0.05, 0) is 56.2 Å². The highest BCUT2D eigenvalue weighted by molar-refractivity contribution is 7.90. The summed E-state index contributed by atoms with van der Waals surface area (Å²) >= 11 is 0. The van der Waals surface area contributed by atoms with Gasteiger partial charge >= 0.3 is 6.09 Å². The predicted octanol–water partition coefficient (Wildman–Crippen LogP) is 2.83. The zero-order valence-electron chi connectivity index (χ0n) is 17.8. The van der Waals surface area contributed by atoms with E-state index in [4.69, 9.17) is 4.74 Å². The Kier molecular flexibility index (Phi) is 5.88. The molecule has 0 aliphatic carbocycles. The van der Waals surface area contributed by atoms with Crippen molar-refractivity contribution in [2.75, 3.05) is 30.4 Å². The Labute approximate surface area is 186 Å². The van der Waals surface area contributed by atoms with Crippen LogP contribution in [-0.2, 0) is 19.6 Å². The van der Waals surface area contributed by atoms with E-state index in [1.165, 1.54) is 11.0 Å². The number of rotatable bonds is 4. The van der Waals surface area contributed by atoms with Crippen molar-refractivity contribution in [2.24, 2.45) is 4.40 Å². The van der Waals surface area contributed by atoms with Crippen molar-refractivity contribution in [1.29, 1.82) is 0 Å². The Balaban J connectivity index is 1.49. The third kappa shape index (κ3) is 4.05. The van der Waals surface area contributed by atoms with Crippen LogP contribution in [0.4, 0.5) is 16.2 Å². The van der Waals surface area contributed by atoms with Crippen LogP contribution < -0.4 is 10.2 Å². The Morgan fingerprint density at radius 3 is 2.62 bits per heavy atom. The average molecular weight is 457 g/mol. The highest BCUT2D eigenvalue weighted by Crippen LogP contribution is 2.31. The van der Waals surface area contributed by atoms with Crippen molar-refractivity contribution < 1.29 is 22.7 Å². The second kappa shape index (κ2) is 8.62. The zero-order valence-corrected chi connectivity index (χ0v) is 18.6. The van der Waals surface area contributed by atoms with E-state index >= 15 is 0 Å². The molecule has 9 nitrogen and oxygen atoms in total. The SMILES string of the molecule is CCOC(=O)N(C)c1ccc(NC(=O)[C@@H]2CCCN2C2=NS(=O)(=O)c3ccccc32)cc1. The van der Waals surface area contributed by atoms with E-state index in [0.717, 1.165) is 6.42 Å². The molecule has 1 saturated heterocycles. The van der Waals surface area contributed by atoms with Gasteiger partial charge in [0.15, 0.2) is 5.84 Å². The molecule has 32 heavy (non-hydrogen) atoms. The number of amides is 2. The molecule has 10 heteroatoms. The van der Waals surface area contributed by atoms with Crippen LogP contribution in [0.25, 0.3) is 0 Å². The van der Waals surface area contributed by atoms with Gasteiger partial charge in [0.2, 0.25) is 5.91 Å². The van der Waals surface area contributed by atoms with Crippen LogP contribution in [0.5, 0.6) is 0 Å². The summed E-state index contributed by atoms with van der Waals surface area (Å²) in [5.74, 6) is 0.0862. The Morgan fingerprint density at radius 2 is 1.91 bits per heavy atom. The maximum atomic E-state index is 13.0. The van der Waals surface area contributed by atoms with E-state index < -0.39 is 22.2 Å². The fraction of sp³-hybridized carbons (Fsp3) is 0.318. The van der Waals surface area contributed by atoms with Gasteiger partial charge in [-0.2, -0.15) is 8.42 Å². The van der Waals surface area contributed by atoms with Crippen LogP contribution in [0.2, 0.25) is 0 Å². The molecule has 1 N–H and O–H groups in total. The van der Waals surface area contributed by atoms with Gasteiger partial charge < -0.3 is 15.0 Å². The lowest BCUT2D eigenvalue weighted by atomic mass is 10.1. The van der Waals surface area contributed by atoms with Gasteiger partial charge in [-0.15, -0.1) is 4.40 Å². The molecule has 0 saturated carbocycles. The number of nitrogens with one attached hydrogen (secondary N) is 1. The van der Waals surface area contributed by atoms with Gasteiger partial charge in [0.25, 0.3) is 10.0 Å². The van der Waals surface area contributed by atoms with E-state index in [0.29, 0.717) is 35.7 Å². The van der Waals surface area contributed by atoms with E-state index in [-0.39, 0.29) is 17.4 Å². The molecule has 2 aromatic carbocycles.